The van der Waals surface area contributed by atoms with Crippen LogP contribution in [-0.2, 0) is 9.59 Å². The minimum absolute atomic E-state index is 0.199. The van der Waals surface area contributed by atoms with Gasteiger partial charge in [-0.05, 0) is 43.9 Å². The molecule has 0 saturated carbocycles. The van der Waals surface area contributed by atoms with E-state index in [4.69, 9.17) is 0 Å². The predicted octanol–water partition coefficient (Wildman–Crippen LogP) is 1.86. The number of carboxylic acids is 1. The number of amides is 2. The lowest BCUT2D eigenvalue weighted by molar-refractivity contribution is -0.143. The summed E-state index contributed by atoms with van der Waals surface area (Å²) in [6.07, 6.45) is 2.91. The Bertz CT molecular complexity index is 623. The summed E-state index contributed by atoms with van der Waals surface area (Å²) in [5.74, 6) is -1.18. The highest BCUT2D eigenvalue weighted by Crippen LogP contribution is 2.25. The van der Waals surface area contributed by atoms with E-state index in [1.54, 1.807) is 47.9 Å². The first-order chi connectivity index (χ1) is 12.0. The smallest absolute Gasteiger partial charge is 0.308 e. The molecule has 1 heterocycles. The van der Waals surface area contributed by atoms with Gasteiger partial charge in [0.1, 0.15) is 6.04 Å². The van der Waals surface area contributed by atoms with Crippen molar-refractivity contribution in [1.82, 2.24) is 10.2 Å². The van der Waals surface area contributed by atoms with Crippen molar-refractivity contribution >= 4 is 29.5 Å². The third-order valence-electron chi connectivity index (χ3n) is 4.61. The van der Waals surface area contributed by atoms with Crippen molar-refractivity contribution < 1.29 is 19.5 Å². The fraction of sp³-hybridized carbons (Fsp3) is 0.500. The highest BCUT2D eigenvalue weighted by atomic mass is 32.2. The van der Waals surface area contributed by atoms with Gasteiger partial charge in [-0.3, -0.25) is 14.4 Å². The van der Waals surface area contributed by atoms with E-state index >= 15 is 0 Å². The number of thioether (sulfide) groups is 1. The highest BCUT2D eigenvalue weighted by Gasteiger charge is 2.40. The molecule has 0 radical (unpaired) electrons. The zero-order valence-corrected chi connectivity index (χ0v) is 15.3. The van der Waals surface area contributed by atoms with E-state index in [1.165, 1.54) is 0 Å². The lowest BCUT2D eigenvalue weighted by Crippen LogP contribution is -2.50. The second-order valence-electron chi connectivity index (χ2n) is 6.18. The maximum absolute atomic E-state index is 12.9. The van der Waals surface area contributed by atoms with Crippen LogP contribution in [0.1, 0.15) is 30.1 Å². The number of carboxylic acid groups (broad SMARTS) is 1. The van der Waals surface area contributed by atoms with Gasteiger partial charge in [-0.2, -0.15) is 11.8 Å². The van der Waals surface area contributed by atoms with Crippen LogP contribution in [0, 0.1) is 5.92 Å². The number of hydrogen-bond donors (Lipinski definition) is 2. The molecule has 1 aliphatic rings. The predicted molar refractivity (Wildman–Crippen MR) is 97.6 cm³/mol. The van der Waals surface area contributed by atoms with Crippen molar-refractivity contribution in [2.45, 2.75) is 31.8 Å². The van der Waals surface area contributed by atoms with Gasteiger partial charge < -0.3 is 15.3 Å². The first kappa shape index (κ1) is 19.3. The molecule has 1 aromatic rings. The maximum Gasteiger partial charge on any atom is 0.308 e. The van der Waals surface area contributed by atoms with E-state index in [-0.39, 0.29) is 17.9 Å². The van der Waals surface area contributed by atoms with Gasteiger partial charge >= 0.3 is 5.97 Å². The van der Waals surface area contributed by atoms with Gasteiger partial charge in [0.2, 0.25) is 5.91 Å². The third kappa shape index (κ3) is 4.75. The Balaban J connectivity index is 2.10. The van der Waals surface area contributed by atoms with Crippen LogP contribution in [0.4, 0.5) is 0 Å². The molecule has 0 aromatic heterocycles. The standard InChI is InChI=1S/C18H24N2O4S/c1-12-14(18(23)24)8-10-20(12)17(22)15(9-11-25-2)19-16(21)13-6-4-3-5-7-13/h3-7,12,14-15H,8-11H2,1-2H3,(H,19,21)(H,23,24). The molecule has 7 heteroatoms. The molecule has 0 bridgehead atoms. The van der Waals surface area contributed by atoms with Crippen LogP contribution in [0.3, 0.4) is 0 Å². The van der Waals surface area contributed by atoms with Crippen LogP contribution in [0.5, 0.6) is 0 Å². The molecule has 1 aliphatic heterocycles. The number of rotatable bonds is 7. The van der Waals surface area contributed by atoms with E-state index in [2.05, 4.69) is 5.32 Å². The maximum atomic E-state index is 12.9. The summed E-state index contributed by atoms with van der Waals surface area (Å²) in [6.45, 7) is 2.17. The van der Waals surface area contributed by atoms with Gasteiger partial charge in [-0.1, -0.05) is 18.2 Å². The molecule has 6 nitrogen and oxygen atoms in total. The van der Waals surface area contributed by atoms with Gasteiger partial charge in [0.15, 0.2) is 0 Å². The van der Waals surface area contributed by atoms with Crippen LogP contribution in [0.2, 0.25) is 0 Å². The molecule has 136 valence electrons. The molecule has 3 atom stereocenters. The Hall–Kier alpha value is -2.02. The molecule has 1 aromatic carbocycles. The third-order valence-corrected chi connectivity index (χ3v) is 5.25. The second kappa shape index (κ2) is 8.89. The molecular formula is C18H24N2O4S. The van der Waals surface area contributed by atoms with Gasteiger partial charge in [0.25, 0.3) is 5.91 Å². The number of benzene rings is 1. The number of nitrogens with one attached hydrogen (secondary N) is 1. The molecule has 2 amide bonds. The van der Waals surface area contributed by atoms with Gasteiger partial charge in [0.05, 0.1) is 5.92 Å². The van der Waals surface area contributed by atoms with Crippen LogP contribution >= 0.6 is 11.8 Å². The Morgan fingerprint density at radius 3 is 2.56 bits per heavy atom. The number of aliphatic carboxylic acids is 1. The Labute approximate surface area is 152 Å². The van der Waals surface area contributed by atoms with Gasteiger partial charge in [-0.25, -0.2) is 0 Å². The summed E-state index contributed by atoms with van der Waals surface area (Å²) in [4.78, 5) is 38.2. The van der Waals surface area contributed by atoms with Crippen LogP contribution in [-0.4, -0.2) is 58.4 Å². The first-order valence-corrected chi connectivity index (χ1v) is 9.73. The van der Waals surface area contributed by atoms with E-state index in [1.807, 2.05) is 12.3 Å². The zero-order valence-electron chi connectivity index (χ0n) is 14.5. The lowest BCUT2D eigenvalue weighted by atomic mass is 10.0. The molecule has 2 N–H and O–H groups in total. The van der Waals surface area contributed by atoms with Crippen LogP contribution in [0.15, 0.2) is 30.3 Å². The first-order valence-electron chi connectivity index (χ1n) is 8.33. The second-order valence-corrected chi connectivity index (χ2v) is 7.16. The molecular weight excluding hydrogens is 340 g/mol. The molecule has 25 heavy (non-hydrogen) atoms. The fourth-order valence-corrected chi connectivity index (χ4v) is 3.58. The minimum Gasteiger partial charge on any atom is -0.481 e. The Kier molecular flexibility index (Phi) is 6.87. The number of nitrogens with zero attached hydrogens (tertiary/aromatic N) is 1. The topological polar surface area (TPSA) is 86.7 Å². The minimum atomic E-state index is -0.878. The SMILES string of the molecule is CSCCC(NC(=O)c1ccccc1)C(=O)N1CCC(C(=O)O)C1C. The van der Waals surface area contributed by atoms with E-state index < -0.39 is 17.9 Å². The molecule has 2 rings (SSSR count). The molecule has 1 fully saturated rings. The van der Waals surface area contributed by atoms with Crippen LogP contribution in [0.25, 0.3) is 0 Å². The summed E-state index contributed by atoms with van der Waals surface area (Å²) in [6, 6.07) is 7.76. The number of hydrogen-bond acceptors (Lipinski definition) is 4. The summed E-state index contributed by atoms with van der Waals surface area (Å²) in [7, 11) is 0. The quantitative estimate of drug-likeness (QED) is 0.771. The summed E-state index contributed by atoms with van der Waals surface area (Å²) < 4.78 is 0. The van der Waals surface area contributed by atoms with E-state index in [0.29, 0.717) is 24.9 Å². The highest BCUT2D eigenvalue weighted by molar-refractivity contribution is 7.98. The van der Waals surface area contributed by atoms with Crippen molar-refractivity contribution in [3.05, 3.63) is 35.9 Å². The summed E-state index contributed by atoms with van der Waals surface area (Å²) in [5.41, 5.74) is 0.502. The summed E-state index contributed by atoms with van der Waals surface area (Å²) >= 11 is 1.60. The summed E-state index contributed by atoms with van der Waals surface area (Å²) in [5, 5.41) is 12.1. The molecule has 3 unspecified atom stereocenters. The van der Waals surface area contributed by atoms with Crippen molar-refractivity contribution in [3.8, 4) is 0 Å². The lowest BCUT2D eigenvalue weighted by Gasteiger charge is -2.28. The Morgan fingerprint density at radius 1 is 1.32 bits per heavy atom. The van der Waals surface area contributed by atoms with E-state index in [9.17, 15) is 19.5 Å². The Morgan fingerprint density at radius 2 is 2.00 bits per heavy atom. The van der Waals surface area contributed by atoms with Crippen molar-refractivity contribution in [2.75, 3.05) is 18.6 Å². The van der Waals surface area contributed by atoms with Crippen molar-refractivity contribution in [2.24, 2.45) is 5.92 Å². The fourth-order valence-electron chi connectivity index (χ4n) is 3.11. The average Bonchev–Trinajstić information content (AvgIpc) is 3.00. The van der Waals surface area contributed by atoms with Gasteiger partial charge in [0, 0.05) is 18.2 Å². The zero-order chi connectivity index (χ0) is 18.4. The number of carbonyl (C=O) groups excluding carboxylic acids is 2. The van der Waals surface area contributed by atoms with Crippen molar-refractivity contribution in [1.29, 1.82) is 0 Å². The largest absolute Gasteiger partial charge is 0.481 e. The number of carbonyl (C=O) groups is 3. The average molecular weight is 364 g/mol. The van der Waals surface area contributed by atoms with Crippen molar-refractivity contribution in [3.63, 3.8) is 0 Å². The normalized spacial score (nSPS) is 21.0. The van der Waals surface area contributed by atoms with Gasteiger partial charge in [-0.15, -0.1) is 0 Å². The molecule has 0 spiro atoms. The van der Waals surface area contributed by atoms with Crippen LogP contribution < -0.4 is 5.32 Å². The monoisotopic (exact) mass is 364 g/mol. The molecule has 0 aliphatic carbocycles. The van der Waals surface area contributed by atoms with E-state index in [0.717, 1.165) is 5.75 Å². The number of likely N-dealkylation sites (tertiary alicyclic amines) is 1. The molecule has 1 saturated heterocycles.